The molecule has 0 unspecified atom stereocenters. The highest BCUT2D eigenvalue weighted by Crippen LogP contribution is 2.13. The zero-order valence-corrected chi connectivity index (χ0v) is 28.5. The molecule has 0 rings (SSSR count). The van der Waals surface area contributed by atoms with E-state index in [1.54, 1.807) is 0 Å². The van der Waals surface area contributed by atoms with Crippen LogP contribution in [0.2, 0.25) is 0 Å². The van der Waals surface area contributed by atoms with E-state index in [2.05, 4.69) is 21.3 Å². The Hall–Kier alpha value is -3.22. The Labute approximate surface area is 282 Å². The van der Waals surface area contributed by atoms with Crippen molar-refractivity contribution in [3.8, 4) is 0 Å². The average molecular weight is 693 g/mol. The summed E-state index contributed by atoms with van der Waals surface area (Å²) in [5, 5.41) is 38.0. The Morgan fingerprint density at radius 2 is 1.27 bits per heavy atom. The summed E-state index contributed by atoms with van der Waals surface area (Å²) in [4.78, 5) is 70.0. The Morgan fingerprint density at radius 3 is 1.81 bits per heavy atom. The van der Waals surface area contributed by atoms with E-state index in [-0.39, 0.29) is 83.2 Å². The van der Waals surface area contributed by atoms with Gasteiger partial charge in [-0.1, -0.05) is 13.3 Å². The van der Waals surface area contributed by atoms with Crippen LogP contribution in [0, 0.1) is 5.92 Å². The van der Waals surface area contributed by atoms with Crippen LogP contribution in [0.3, 0.4) is 0 Å². The largest absolute Gasteiger partial charge is 0.480 e. The fourth-order valence-corrected chi connectivity index (χ4v) is 4.25. The molecule has 0 aliphatic heterocycles. The molecule has 0 fully saturated rings. The molecule has 278 valence electrons. The summed E-state index contributed by atoms with van der Waals surface area (Å²) in [6, 6.07) is -2.09. The lowest BCUT2D eigenvalue weighted by Crippen LogP contribution is -2.49. The summed E-state index contributed by atoms with van der Waals surface area (Å²) >= 11 is 0. The van der Waals surface area contributed by atoms with Gasteiger partial charge in [-0.2, -0.15) is 0 Å². The van der Waals surface area contributed by atoms with Gasteiger partial charge in [0.25, 0.3) is 0 Å². The number of ether oxygens (including phenoxy) is 4. The van der Waals surface area contributed by atoms with Crippen molar-refractivity contribution >= 4 is 35.4 Å². The minimum atomic E-state index is -1.36. The first-order valence-electron chi connectivity index (χ1n) is 16.4. The second-order valence-electron chi connectivity index (χ2n) is 11.1. The molecular formula is C31H56N4O13. The predicted molar refractivity (Wildman–Crippen MR) is 172 cm³/mol. The molecule has 0 saturated carbocycles. The first kappa shape index (κ1) is 44.8. The van der Waals surface area contributed by atoms with E-state index in [9.17, 15) is 33.9 Å². The molecule has 0 aliphatic rings. The van der Waals surface area contributed by atoms with Crippen molar-refractivity contribution < 1.29 is 63.0 Å². The van der Waals surface area contributed by atoms with Crippen molar-refractivity contribution in [2.24, 2.45) is 5.92 Å². The number of carbonyl (C=O) groups is 6. The van der Waals surface area contributed by atoms with E-state index in [0.29, 0.717) is 51.7 Å². The van der Waals surface area contributed by atoms with Gasteiger partial charge < -0.3 is 55.5 Å². The quantitative estimate of drug-likeness (QED) is 0.0428. The summed E-state index contributed by atoms with van der Waals surface area (Å²) in [5.74, 6) is -3.71. The highest BCUT2D eigenvalue weighted by Gasteiger charge is 2.27. The molecule has 0 aromatic carbocycles. The van der Waals surface area contributed by atoms with Gasteiger partial charge in [-0.25, -0.2) is 4.79 Å². The van der Waals surface area contributed by atoms with Gasteiger partial charge in [0.1, 0.15) is 25.0 Å². The maximum absolute atomic E-state index is 12.3. The normalized spacial score (nSPS) is 13.6. The molecule has 0 heterocycles. The monoisotopic (exact) mass is 692 g/mol. The Balaban J connectivity index is 3.65. The number of hydrogen-bond acceptors (Lipinski definition) is 12. The van der Waals surface area contributed by atoms with Crippen LogP contribution in [0.4, 0.5) is 0 Å². The smallest absolute Gasteiger partial charge is 0.328 e. The Morgan fingerprint density at radius 1 is 0.688 bits per heavy atom. The molecule has 0 bridgehead atoms. The molecule has 0 aromatic rings. The van der Waals surface area contributed by atoms with Gasteiger partial charge in [-0.05, 0) is 46.1 Å². The third kappa shape index (κ3) is 24.0. The number of aliphatic hydroxyl groups is 1. The van der Waals surface area contributed by atoms with Crippen molar-refractivity contribution in [1.29, 1.82) is 0 Å². The van der Waals surface area contributed by atoms with Crippen LogP contribution >= 0.6 is 0 Å². The second-order valence-corrected chi connectivity index (χ2v) is 11.1. The number of aliphatic carboxylic acids is 2. The third-order valence-electron chi connectivity index (χ3n) is 7.09. The average Bonchev–Trinajstić information content (AvgIpc) is 3.03. The number of amides is 3. The Bertz CT molecular complexity index is 951. The molecule has 0 aliphatic carbocycles. The minimum Gasteiger partial charge on any atom is -0.480 e. The van der Waals surface area contributed by atoms with Gasteiger partial charge >= 0.3 is 11.9 Å². The number of carbonyl (C=O) groups excluding carboxylic acids is 4. The number of aliphatic hydroxyl groups excluding tert-OH is 1. The zero-order valence-electron chi connectivity index (χ0n) is 28.5. The van der Waals surface area contributed by atoms with E-state index in [0.717, 1.165) is 0 Å². The summed E-state index contributed by atoms with van der Waals surface area (Å²) in [7, 11) is 1.54. The van der Waals surface area contributed by atoms with Crippen LogP contribution in [0.15, 0.2) is 0 Å². The van der Waals surface area contributed by atoms with Crippen LogP contribution < -0.4 is 21.3 Å². The summed E-state index contributed by atoms with van der Waals surface area (Å²) in [6.07, 6.45) is 2.36. The van der Waals surface area contributed by atoms with E-state index >= 15 is 0 Å². The Kier molecular flexibility index (Phi) is 26.8. The minimum absolute atomic E-state index is 0.0180. The third-order valence-corrected chi connectivity index (χ3v) is 7.09. The summed E-state index contributed by atoms with van der Waals surface area (Å²) in [6.45, 7) is 5.05. The number of likely N-dealkylation sites (N-methyl/N-ethyl adjacent to an activating group) is 1. The van der Waals surface area contributed by atoms with E-state index < -0.39 is 42.0 Å². The van der Waals surface area contributed by atoms with Gasteiger partial charge in [-0.3, -0.25) is 24.0 Å². The molecule has 0 radical (unpaired) electrons. The number of ketones is 1. The van der Waals surface area contributed by atoms with Crippen molar-refractivity contribution in [1.82, 2.24) is 21.3 Å². The van der Waals surface area contributed by atoms with Gasteiger partial charge in [0.15, 0.2) is 6.04 Å². The van der Waals surface area contributed by atoms with Crippen LogP contribution in [0.5, 0.6) is 0 Å². The van der Waals surface area contributed by atoms with Crippen LogP contribution in [-0.4, -0.2) is 142 Å². The maximum atomic E-state index is 12.3. The lowest BCUT2D eigenvalue weighted by molar-refractivity contribution is -0.145. The molecule has 0 spiro atoms. The zero-order chi connectivity index (χ0) is 36.2. The van der Waals surface area contributed by atoms with Crippen molar-refractivity contribution in [2.75, 3.05) is 73.0 Å². The summed E-state index contributed by atoms with van der Waals surface area (Å²) < 4.78 is 21.2. The van der Waals surface area contributed by atoms with Gasteiger partial charge in [-0.15, -0.1) is 0 Å². The van der Waals surface area contributed by atoms with Crippen LogP contribution in [0.1, 0.15) is 65.2 Å². The van der Waals surface area contributed by atoms with Gasteiger partial charge in [0.05, 0.1) is 39.1 Å². The number of carboxylic acids is 2. The molecule has 17 heteroatoms. The lowest BCUT2D eigenvalue weighted by Gasteiger charge is -2.21. The highest BCUT2D eigenvalue weighted by atomic mass is 16.5. The predicted octanol–water partition coefficient (Wildman–Crippen LogP) is -0.766. The highest BCUT2D eigenvalue weighted by molar-refractivity contribution is 5.85. The molecule has 4 atom stereocenters. The maximum Gasteiger partial charge on any atom is 0.328 e. The molecular weight excluding hydrogens is 636 g/mol. The molecule has 0 saturated heterocycles. The number of unbranched alkanes of at least 4 members (excludes halogenated alkanes) is 1. The van der Waals surface area contributed by atoms with E-state index in [1.165, 1.54) is 14.0 Å². The van der Waals surface area contributed by atoms with Gasteiger partial charge in [0.2, 0.25) is 17.7 Å². The molecule has 48 heavy (non-hydrogen) atoms. The van der Waals surface area contributed by atoms with Crippen molar-refractivity contribution in [2.45, 2.75) is 83.4 Å². The standard InChI is InChI=1S/C31H56N4O13/c1-4-23(29(40)35-28(22(2)36)31(43)44)8-5-6-12-33-26(38)20-48-19-17-46-15-13-34-27(39)21-47-18-16-45-14-7-9-24(37)10-11-25(32-3)30(41)42/h22-23,25,28,32,36H,4-21H2,1-3H3,(H,33,38)(H,34,39)(H,35,40)(H,41,42)(H,43,44)/t22-,23+,25+,28+/m1/s1. The molecule has 3 amide bonds. The van der Waals surface area contributed by atoms with Gasteiger partial charge in [0, 0.05) is 38.5 Å². The molecule has 0 aromatic heterocycles. The number of hydrogen-bond donors (Lipinski definition) is 7. The van der Waals surface area contributed by atoms with Crippen molar-refractivity contribution in [3.63, 3.8) is 0 Å². The number of rotatable bonds is 32. The van der Waals surface area contributed by atoms with Crippen LogP contribution in [0.25, 0.3) is 0 Å². The number of Topliss-reactive ketones (excluding diaryl/α,β-unsaturated/α-hetero) is 1. The lowest BCUT2D eigenvalue weighted by atomic mass is 9.97. The SMILES string of the molecule is CC[C@@H](CCCCNC(=O)COCCOCCNC(=O)COCCOCCCC(=O)CC[C@H](NC)C(=O)O)C(=O)N[C@H](C(=O)O)[C@@H](C)O. The number of nitrogens with one attached hydrogen (secondary N) is 4. The van der Waals surface area contributed by atoms with E-state index in [1.807, 2.05) is 6.92 Å². The first-order chi connectivity index (χ1) is 22.9. The van der Waals surface area contributed by atoms with Crippen LogP contribution in [-0.2, 0) is 47.7 Å². The number of carboxylic acid groups (broad SMARTS) is 2. The second kappa shape index (κ2) is 28.8. The topological polar surface area (TPSA) is 248 Å². The molecule has 7 N–H and O–H groups in total. The fourth-order valence-electron chi connectivity index (χ4n) is 4.25. The van der Waals surface area contributed by atoms with Crippen molar-refractivity contribution in [3.05, 3.63) is 0 Å². The molecule has 17 nitrogen and oxygen atoms in total. The summed E-state index contributed by atoms with van der Waals surface area (Å²) in [5.41, 5.74) is 0. The first-order valence-corrected chi connectivity index (χ1v) is 16.4. The van der Waals surface area contributed by atoms with E-state index in [4.69, 9.17) is 29.2 Å². The fraction of sp³-hybridized carbons (Fsp3) is 0.806.